The average molecular weight is 281 g/mol. The highest BCUT2D eigenvalue weighted by atomic mass is 19.1. The Balaban J connectivity index is 2.16. The summed E-state index contributed by atoms with van der Waals surface area (Å²) in [5.74, 6) is 5.42. The van der Waals surface area contributed by atoms with Gasteiger partial charge in [0.25, 0.3) is 0 Å². The number of aryl methyl sites for hydroxylation is 1. The molecule has 0 radical (unpaired) electrons. The highest BCUT2D eigenvalue weighted by Gasteiger charge is 2.30. The molecule has 1 fully saturated rings. The van der Waals surface area contributed by atoms with Gasteiger partial charge in [0.15, 0.2) is 0 Å². The van der Waals surface area contributed by atoms with Crippen molar-refractivity contribution in [3.63, 3.8) is 0 Å². The molecular weight excluding hydrogens is 257 g/mol. The summed E-state index contributed by atoms with van der Waals surface area (Å²) in [5.41, 5.74) is 4.32. The molecule has 0 aliphatic carbocycles. The number of morpholine rings is 1. The number of nitrogens with two attached hydrogens (primary N) is 1. The fourth-order valence-electron chi connectivity index (χ4n) is 2.75. The van der Waals surface area contributed by atoms with Crippen LogP contribution in [0.1, 0.15) is 30.5 Å². The van der Waals surface area contributed by atoms with E-state index < -0.39 is 0 Å². The van der Waals surface area contributed by atoms with E-state index in [0.717, 1.165) is 31.6 Å². The summed E-state index contributed by atoms with van der Waals surface area (Å²) in [7, 11) is 0. The smallest absolute Gasteiger partial charge is 0.128 e. The van der Waals surface area contributed by atoms with Crippen molar-refractivity contribution in [3.8, 4) is 0 Å². The molecule has 20 heavy (non-hydrogen) atoms. The Morgan fingerprint density at radius 3 is 3.05 bits per heavy atom. The Labute approximate surface area is 120 Å². The van der Waals surface area contributed by atoms with E-state index in [0.29, 0.717) is 12.2 Å². The van der Waals surface area contributed by atoms with Crippen LogP contribution in [0.15, 0.2) is 18.2 Å². The van der Waals surface area contributed by atoms with Crippen LogP contribution < -0.4 is 11.3 Å². The van der Waals surface area contributed by atoms with Gasteiger partial charge in [-0.25, -0.2) is 4.39 Å². The van der Waals surface area contributed by atoms with Crippen LogP contribution in [-0.2, 0) is 4.74 Å². The van der Waals surface area contributed by atoms with E-state index in [1.54, 1.807) is 6.07 Å². The van der Waals surface area contributed by atoms with Crippen molar-refractivity contribution in [2.75, 3.05) is 26.2 Å². The number of rotatable bonds is 5. The van der Waals surface area contributed by atoms with Gasteiger partial charge in [0, 0.05) is 18.7 Å². The largest absolute Gasteiger partial charge is 0.374 e. The van der Waals surface area contributed by atoms with Gasteiger partial charge in [-0.05, 0) is 26.0 Å². The molecule has 3 N–H and O–H groups in total. The summed E-state index contributed by atoms with van der Waals surface area (Å²) in [6, 6.07) is 4.76. The molecule has 0 bridgehead atoms. The summed E-state index contributed by atoms with van der Waals surface area (Å²) in [6.07, 6.45) is 0.975. The Bertz CT molecular complexity index is 439. The van der Waals surface area contributed by atoms with Crippen LogP contribution in [-0.4, -0.2) is 37.2 Å². The van der Waals surface area contributed by atoms with Gasteiger partial charge in [0.2, 0.25) is 0 Å². The standard InChI is InChI=1S/C15H24FN3O/c1-3-6-19-7-8-20-14(10-19)15(18-17)12-9-11(2)4-5-13(12)16/h4-5,9,14-15,18H,3,6-8,10,17H2,1-2H3. The van der Waals surface area contributed by atoms with Crippen molar-refractivity contribution in [3.05, 3.63) is 35.1 Å². The highest BCUT2D eigenvalue weighted by Crippen LogP contribution is 2.25. The number of benzene rings is 1. The molecule has 0 saturated carbocycles. The third-order valence-electron chi connectivity index (χ3n) is 3.76. The lowest BCUT2D eigenvalue weighted by Gasteiger charge is -2.37. The topological polar surface area (TPSA) is 50.5 Å². The van der Waals surface area contributed by atoms with Gasteiger partial charge in [-0.15, -0.1) is 0 Å². The zero-order chi connectivity index (χ0) is 14.5. The molecule has 1 aliphatic rings. The van der Waals surface area contributed by atoms with E-state index in [-0.39, 0.29) is 18.0 Å². The summed E-state index contributed by atoms with van der Waals surface area (Å²) in [6.45, 7) is 7.50. The van der Waals surface area contributed by atoms with Gasteiger partial charge in [0.05, 0.1) is 18.8 Å². The van der Waals surface area contributed by atoms with Crippen molar-refractivity contribution >= 4 is 0 Å². The molecule has 0 spiro atoms. The number of ether oxygens (including phenoxy) is 1. The summed E-state index contributed by atoms with van der Waals surface area (Å²) in [4.78, 5) is 2.34. The number of hydrogen-bond donors (Lipinski definition) is 2. The normalized spacial score (nSPS) is 21.9. The number of halogens is 1. The zero-order valence-corrected chi connectivity index (χ0v) is 12.2. The van der Waals surface area contributed by atoms with Crippen molar-refractivity contribution in [1.82, 2.24) is 10.3 Å². The zero-order valence-electron chi connectivity index (χ0n) is 12.2. The van der Waals surface area contributed by atoms with Crippen molar-refractivity contribution in [2.24, 2.45) is 5.84 Å². The molecule has 0 aromatic heterocycles. The molecule has 4 nitrogen and oxygen atoms in total. The van der Waals surface area contributed by atoms with E-state index in [1.165, 1.54) is 6.07 Å². The quantitative estimate of drug-likeness (QED) is 0.638. The van der Waals surface area contributed by atoms with Crippen molar-refractivity contribution in [2.45, 2.75) is 32.4 Å². The average Bonchev–Trinajstić information content (AvgIpc) is 2.44. The Morgan fingerprint density at radius 2 is 2.35 bits per heavy atom. The monoisotopic (exact) mass is 281 g/mol. The van der Waals surface area contributed by atoms with E-state index in [4.69, 9.17) is 10.6 Å². The summed E-state index contributed by atoms with van der Waals surface area (Å²) in [5, 5.41) is 0. The molecule has 2 rings (SSSR count). The molecule has 112 valence electrons. The minimum Gasteiger partial charge on any atom is -0.374 e. The van der Waals surface area contributed by atoms with Gasteiger partial charge >= 0.3 is 0 Å². The molecule has 1 heterocycles. The minimum atomic E-state index is -0.324. The van der Waals surface area contributed by atoms with Crippen LogP contribution in [0.3, 0.4) is 0 Å². The number of nitrogens with one attached hydrogen (secondary N) is 1. The molecule has 2 atom stereocenters. The van der Waals surface area contributed by atoms with Crippen LogP contribution in [0.25, 0.3) is 0 Å². The molecule has 1 aliphatic heterocycles. The predicted octanol–water partition coefficient (Wildman–Crippen LogP) is 1.75. The molecule has 1 aromatic carbocycles. The van der Waals surface area contributed by atoms with E-state index in [2.05, 4.69) is 17.2 Å². The predicted molar refractivity (Wildman–Crippen MR) is 77.7 cm³/mol. The van der Waals surface area contributed by atoms with Crippen LogP contribution in [0.5, 0.6) is 0 Å². The van der Waals surface area contributed by atoms with Gasteiger partial charge in [-0.3, -0.25) is 16.2 Å². The maximum Gasteiger partial charge on any atom is 0.128 e. The van der Waals surface area contributed by atoms with Crippen molar-refractivity contribution in [1.29, 1.82) is 0 Å². The molecule has 1 aromatic rings. The maximum atomic E-state index is 14.0. The molecule has 2 unspecified atom stereocenters. The molecule has 0 amide bonds. The number of hydrazine groups is 1. The van der Waals surface area contributed by atoms with Crippen LogP contribution in [0, 0.1) is 12.7 Å². The van der Waals surface area contributed by atoms with E-state index in [1.807, 2.05) is 13.0 Å². The first kappa shape index (κ1) is 15.4. The van der Waals surface area contributed by atoms with Gasteiger partial charge in [0.1, 0.15) is 5.82 Å². The fraction of sp³-hybridized carbons (Fsp3) is 0.600. The number of hydrogen-bond acceptors (Lipinski definition) is 4. The number of nitrogens with zero attached hydrogens (tertiary/aromatic N) is 1. The third-order valence-corrected chi connectivity index (χ3v) is 3.76. The second-order valence-electron chi connectivity index (χ2n) is 5.38. The van der Waals surface area contributed by atoms with Gasteiger partial charge < -0.3 is 4.74 Å². The first-order valence-electron chi connectivity index (χ1n) is 7.21. The lowest BCUT2D eigenvalue weighted by Crippen LogP contribution is -2.49. The molecule has 5 heteroatoms. The second kappa shape index (κ2) is 7.13. The summed E-state index contributed by atoms with van der Waals surface area (Å²) < 4.78 is 19.8. The first-order valence-corrected chi connectivity index (χ1v) is 7.21. The Morgan fingerprint density at radius 1 is 1.55 bits per heavy atom. The van der Waals surface area contributed by atoms with Gasteiger partial charge in [-0.1, -0.05) is 24.6 Å². The highest BCUT2D eigenvalue weighted by molar-refractivity contribution is 5.27. The van der Waals surface area contributed by atoms with Crippen molar-refractivity contribution < 1.29 is 9.13 Å². The van der Waals surface area contributed by atoms with E-state index in [9.17, 15) is 4.39 Å². The van der Waals surface area contributed by atoms with Crippen LogP contribution in [0.2, 0.25) is 0 Å². The summed E-state index contributed by atoms with van der Waals surface area (Å²) >= 11 is 0. The van der Waals surface area contributed by atoms with Gasteiger partial charge in [-0.2, -0.15) is 0 Å². The Hall–Kier alpha value is -1.01. The SMILES string of the molecule is CCCN1CCOC(C(NN)c2cc(C)ccc2F)C1. The Kier molecular flexibility index (Phi) is 5.48. The second-order valence-corrected chi connectivity index (χ2v) is 5.38. The maximum absolute atomic E-state index is 14.0. The molecule has 1 saturated heterocycles. The van der Waals surface area contributed by atoms with Crippen LogP contribution >= 0.6 is 0 Å². The van der Waals surface area contributed by atoms with Crippen LogP contribution in [0.4, 0.5) is 4.39 Å². The first-order chi connectivity index (χ1) is 9.65. The fourth-order valence-corrected chi connectivity index (χ4v) is 2.75. The van der Waals surface area contributed by atoms with E-state index >= 15 is 0 Å². The minimum absolute atomic E-state index is 0.128. The lowest BCUT2D eigenvalue weighted by atomic mass is 9.98. The molecular formula is C15H24FN3O. The third kappa shape index (κ3) is 3.55. The lowest BCUT2D eigenvalue weighted by molar-refractivity contribution is -0.0476.